The number of aliphatic carboxylic acids is 1. The summed E-state index contributed by atoms with van der Waals surface area (Å²) in [6.45, 7) is 2.75. The molecule has 1 fully saturated rings. The van der Waals surface area contributed by atoms with Crippen molar-refractivity contribution in [3.8, 4) is 0 Å². The fraction of sp³-hybridized carbons (Fsp3) is 0.500. The summed E-state index contributed by atoms with van der Waals surface area (Å²) in [5.41, 5.74) is 2.40. The van der Waals surface area contributed by atoms with E-state index in [9.17, 15) is 22.8 Å². The lowest BCUT2D eigenvalue weighted by Gasteiger charge is -2.37. The van der Waals surface area contributed by atoms with Crippen LogP contribution in [0.25, 0.3) is 10.9 Å². The molecule has 0 spiro atoms. The Kier molecular flexibility index (Phi) is 10.4. The monoisotopic (exact) mass is 642 g/mol. The second kappa shape index (κ2) is 13.6. The fourth-order valence-corrected chi connectivity index (χ4v) is 6.67. The van der Waals surface area contributed by atoms with Crippen LogP contribution in [0, 0.1) is 5.92 Å². The molecule has 1 aliphatic carbocycles. The molecular weight excluding hydrogens is 609 g/mol. The molecule has 2 amide bonds. The van der Waals surface area contributed by atoms with Crippen LogP contribution in [0.5, 0.6) is 0 Å². The lowest BCUT2D eigenvalue weighted by molar-refractivity contribution is -0.192. The molecule has 3 heterocycles. The van der Waals surface area contributed by atoms with Crippen LogP contribution < -0.4 is 10.6 Å². The van der Waals surface area contributed by atoms with Gasteiger partial charge in [0.2, 0.25) is 0 Å². The summed E-state index contributed by atoms with van der Waals surface area (Å²) in [6.07, 6.45) is -1.60. The van der Waals surface area contributed by atoms with E-state index in [0.29, 0.717) is 21.6 Å². The van der Waals surface area contributed by atoms with E-state index in [2.05, 4.69) is 51.5 Å². The third-order valence-corrected chi connectivity index (χ3v) is 8.72. The lowest BCUT2D eigenvalue weighted by atomic mass is 9.81. The first-order valence-electron chi connectivity index (χ1n) is 13.7. The molecule has 2 aromatic heterocycles. The predicted octanol–water partition coefficient (Wildman–Crippen LogP) is 4.16. The number of hydrogen-bond donors (Lipinski definition) is 4. The molecule has 3 atom stereocenters. The minimum atomic E-state index is -5.08. The van der Waals surface area contributed by atoms with Gasteiger partial charge in [-0.05, 0) is 70.6 Å². The number of thiazole rings is 1. The van der Waals surface area contributed by atoms with Gasteiger partial charge in [0.15, 0.2) is 5.01 Å². The van der Waals surface area contributed by atoms with Crippen molar-refractivity contribution in [2.24, 2.45) is 5.92 Å². The number of H-pyrrole nitrogens is 1. The first-order chi connectivity index (χ1) is 20.2. The number of hydrogen-bond acceptors (Lipinski definition) is 7. The molecule has 4 N–H and O–H groups in total. The molecule has 1 aliphatic heterocycles. The maximum absolute atomic E-state index is 13.3. The number of nitrogens with one attached hydrogen (secondary N) is 3. The molecule has 0 bridgehead atoms. The Morgan fingerprint density at radius 2 is 1.86 bits per heavy atom. The van der Waals surface area contributed by atoms with Gasteiger partial charge >= 0.3 is 12.1 Å². The molecule has 1 saturated carbocycles. The number of benzene rings is 1. The van der Waals surface area contributed by atoms with Gasteiger partial charge in [-0.3, -0.25) is 9.59 Å². The van der Waals surface area contributed by atoms with Crippen LogP contribution >= 0.6 is 22.9 Å². The van der Waals surface area contributed by atoms with Gasteiger partial charge in [0.05, 0.1) is 5.69 Å². The van der Waals surface area contributed by atoms with Crippen LogP contribution in [0.4, 0.5) is 13.2 Å². The van der Waals surface area contributed by atoms with Gasteiger partial charge in [-0.15, -0.1) is 11.3 Å². The van der Waals surface area contributed by atoms with E-state index in [4.69, 9.17) is 21.5 Å². The number of carbonyl (C=O) groups excluding carboxylic acids is 2. The molecule has 0 radical (unpaired) electrons. The number of likely N-dealkylation sites (N-methyl/N-ethyl adjacent to an activating group) is 1. The van der Waals surface area contributed by atoms with Crippen molar-refractivity contribution in [3.05, 3.63) is 50.6 Å². The maximum atomic E-state index is 13.3. The van der Waals surface area contributed by atoms with E-state index in [0.717, 1.165) is 61.9 Å². The Labute approximate surface area is 255 Å². The van der Waals surface area contributed by atoms with Gasteiger partial charge in [-0.25, -0.2) is 9.78 Å². The summed E-state index contributed by atoms with van der Waals surface area (Å²) in [4.78, 5) is 48.8. The molecule has 1 aromatic carbocycles. The zero-order valence-corrected chi connectivity index (χ0v) is 25.5. The summed E-state index contributed by atoms with van der Waals surface area (Å²) in [5.74, 6) is -2.63. The van der Waals surface area contributed by atoms with Gasteiger partial charge in [-0.2, -0.15) is 13.2 Å². The van der Waals surface area contributed by atoms with Crippen molar-refractivity contribution in [2.75, 3.05) is 34.2 Å². The van der Waals surface area contributed by atoms with E-state index >= 15 is 0 Å². The Bertz CT molecular complexity index is 1480. The highest BCUT2D eigenvalue weighted by Gasteiger charge is 2.38. The van der Waals surface area contributed by atoms with E-state index in [-0.39, 0.29) is 23.9 Å². The number of fused-ring (bicyclic) bond motifs is 2. The van der Waals surface area contributed by atoms with Gasteiger partial charge in [-0.1, -0.05) is 11.6 Å². The minimum absolute atomic E-state index is 0.146. The van der Waals surface area contributed by atoms with E-state index in [1.165, 1.54) is 16.2 Å². The molecule has 3 aromatic rings. The molecule has 15 heteroatoms. The highest BCUT2D eigenvalue weighted by atomic mass is 35.5. The molecule has 43 heavy (non-hydrogen) atoms. The van der Waals surface area contributed by atoms with Gasteiger partial charge in [0, 0.05) is 58.9 Å². The maximum Gasteiger partial charge on any atom is 0.490 e. The van der Waals surface area contributed by atoms with Crippen molar-refractivity contribution in [2.45, 2.75) is 50.5 Å². The largest absolute Gasteiger partial charge is 0.490 e. The van der Waals surface area contributed by atoms with E-state index < -0.39 is 12.1 Å². The number of rotatable bonds is 6. The van der Waals surface area contributed by atoms with Crippen LogP contribution in [-0.2, 0) is 17.8 Å². The lowest BCUT2D eigenvalue weighted by Crippen LogP contribution is -2.55. The third kappa shape index (κ3) is 8.68. The van der Waals surface area contributed by atoms with E-state index in [1.54, 1.807) is 6.07 Å². The van der Waals surface area contributed by atoms with Crippen molar-refractivity contribution in [1.29, 1.82) is 0 Å². The standard InChI is InChI=1S/C26H33ClN6O2S.C2HF3O2/c1-32(2)13-15-4-6-19(29-24(34)22-12-16-11-17(27)5-7-18(16)28-22)21(10-15)30-25(35)26-31-20-8-9-33(3)14-23(20)36-26;3-2(4,5)1(6)7/h5,7,11-12,15,19,21,28H,4,6,8-10,13-14H2,1-3H3,(H,29,34)(H,30,35);(H,6,7)/t15-,19-,21+;/m0./s1. The highest BCUT2D eigenvalue weighted by Crippen LogP contribution is 2.28. The molecule has 10 nitrogen and oxygen atoms in total. The average molecular weight is 643 g/mol. The topological polar surface area (TPSA) is 131 Å². The molecule has 5 rings (SSSR count). The van der Waals surface area contributed by atoms with Crippen LogP contribution in [-0.4, -0.2) is 95.2 Å². The summed E-state index contributed by atoms with van der Waals surface area (Å²) < 4.78 is 31.7. The smallest absolute Gasteiger partial charge is 0.475 e. The molecular formula is C28H34ClF3N6O4S. The Morgan fingerprint density at radius 1 is 1.16 bits per heavy atom. The predicted molar refractivity (Wildman–Crippen MR) is 158 cm³/mol. The Hall–Kier alpha value is -3.20. The summed E-state index contributed by atoms with van der Waals surface area (Å²) in [5, 5.41) is 15.6. The number of carbonyl (C=O) groups is 3. The fourth-order valence-electron chi connectivity index (χ4n) is 5.39. The SMILES string of the molecule is CN(C)C[C@H]1CC[C@H](NC(=O)c2cc3cc(Cl)ccc3[nH]2)[C@H](NC(=O)c2nc3c(s2)CN(C)CC3)C1.O=C(O)C(F)(F)F. The van der Waals surface area contributed by atoms with Crippen molar-refractivity contribution >= 4 is 51.6 Å². The van der Waals surface area contributed by atoms with Gasteiger partial charge in [0.1, 0.15) is 5.69 Å². The second-order valence-corrected chi connectivity index (χ2v) is 12.7. The Balaban J connectivity index is 0.000000541. The summed E-state index contributed by atoms with van der Waals surface area (Å²) >= 11 is 7.59. The molecule has 234 valence electrons. The number of nitrogens with zero attached hydrogens (tertiary/aromatic N) is 3. The number of carboxylic acids is 1. The normalized spacial score (nSPS) is 20.7. The number of alkyl halides is 3. The quantitative estimate of drug-likeness (QED) is 0.318. The second-order valence-electron chi connectivity index (χ2n) is 11.2. The van der Waals surface area contributed by atoms with Crippen molar-refractivity contribution in [1.82, 2.24) is 30.4 Å². The van der Waals surface area contributed by atoms with Crippen molar-refractivity contribution in [3.63, 3.8) is 0 Å². The summed E-state index contributed by atoms with van der Waals surface area (Å²) in [7, 11) is 6.23. The van der Waals surface area contributed by atoms with Crippen LogP contribution in [0.2, 0.25) is 5.02 Å². The average Bonchev–Trinajstić information content (AvgIpc) is 3.53. The van der Waals surface area contributed by atoms with Crippen LogP contribution in [0.15, 0.2) is 24.3 Å². The molecule has 2 aliphatic rings. The van der Waals surface area contributed by atoms with Crippen LogP contribution in [0.1, 0.15) is 50.1 Å². The first kappa shape index (κ1) is 32.7. The molecule has 0 unspecified atom stereocenters. The van der Waals surface area contributed by atoms with Gasteiger partial charge in [0.25, 0.3) is 11.8 Å². The van der Waals surface area contributed by atoms with Crippen molar-refractivity contribution < 1.29 is 32.7 Å². The number of aromatic nitrogens is 2. The molecule has 0 saturated heterocycles. The number of carboxylic acid groups (broad SMARTS) is 1. The first-order valence-corrected chi connectivity index (χ1v) is 14.9. The summed E-state index contributed by atoms with van der Waals surface area (Å²) in [6, 6.07) is 7.01. The van der Waals surface area contributed by atoms with E-state index in [1.807, 2.05) is 18.2 Å². The number of aromatic amines is 1. The van der Waals surface area contributed by atoms with Crippen LogP contribution in [0.3, 0.4) is 0 Å². The Morgan fingerprint density at radius 3 is 2.53 bits per heavy atom. The number of amides is 2. The highest BCUT2D eigenvalue weighted by molar-refractivity contribution is 7.13. The minimum Gasteiger partial charge on any atom is -0.475 e. The third-order valence-electron chi connectivity index (χ3n) is 7.40. The zero-order valence-electron chi connectivity index (χ0n) is 23.9. The zero-order chi connectivity index (χ0) is 31.5. The van der Waals surface area contributed by atoms with Gasteiger partial charge < -0.3 is 30.5 Å². The number of halogens is 4.